The Morgan fingerprint density at radius 2 is 1.88 bits per heavy atom. The molecule has 0 amide bonds. The zero-order valence-corrected chi connectivity index (χ0v) is 9.40. The van der Waals surface area contributed by atoms with Crippen molar-refractivity contribution in [3.63, 3.8) is 0 Å². The van der Waals surface area contributed by atoms with Gasteiger partial charge in [0.1, 0.15) is 6.61 Å². The summed E-state index contributed by atoms with van der Waals surface area (Å²) in [5, 5.41) is 0. The summed E-state index contributed by atoms with van der Waals surface area (Å²) in [5.41, 5.74) is 12.4. The molecule has 0 aliphatic carbocycles. The number of ether oxygens (including phenoxy) is 2. The molecule has 0 aliphatic rings. The van der Waals surface area contributed by atoms with Gasteiger partial charge < -0.3 is 20.9 Å². The first-order valence-corrected chi connectivity index (χ1v) is 4.89. The predicted molar refractivity (Wildman–Crippen MR) is 62.0 cm³/mol. The summed E-state index contributed by atoms with van der Waals surface area (Å²) in [6.45, 7) is 2.00. The van der Waals surface area contributed by atoms with E-state index >= 15 is 0 Å². The van der Waals surface area contributed by atoms with Gasteiger partial charge in [0.05, 0.1) is 11.7 Å². The summed E-state index contributed by atoms with van der Waals surface area (Å²) in [4.78, 5) is 11.6. The highest BCUT2D eigenvalue weighted by atomic mass is 16.6. The zero-order valence-electron chi connectivity index (χ0n) is 9.40. The molecule has 4 N–H and O–H groups in total. The molecule has 0 aliphatic heterocycles. The summed E-state index contributed by atoms with van der Waals surface area (Å²) in [7, 11) is 1.55. The highest BCUT2D eigenvalue weighted by Crippen LogP contribution is 2.14. The molecule has 1 aromatic carbocycles. The van der Waals surface area contributed by atoms with Crippen molar-refractivity contribution in [1.82, 2.24) is 0 Å². The van der Waals surface area contributed by atoms with Crippen LogP contribution in [0.5, 0.6) is 0 Å². The van der Waals surface area contributed by atoms with Gasteiger partial charge in [-0.1, -0.05) is 0 Å². The fourth-order valence-corrected chi connectivity index (χ4v) is 1.14. The fraction of sp³-hybridized carbons (Fsp3) is 0.364. The van der Waals surface area contributed by atoms with Crippen LogP contribution < -0.4 is 11.5 Å². The van der Waals surface area contributed by atoms with Gasteiger partial charge >= 0.3 is 5.97 Å². The van der Waals surface area contributed by atoms with Crippen LogP contribution in [0.4, 0.5) is 11.4 Å². The second-order valence-electron chi connectivity index (χ2n) is 3.53. The molecule has 1 unspecified atom stereocenters. The lowest BCUT2D eigenvalue weighted by molar-refractivity contribution is 0.0169. The van der Waals surface area contributed by atoms with Crippen LogP contribution in [0.25, 0.3) is 0 Å². The van der Waals surface area contributed by atoms with Gasteiger partial charge in [-0.3, -0.25) is 0 Å². The number of hydrogen-bond acceptors (Lipinski definition) is 5. The Balaban J connectivity index is 2.66. The number of carbonyl (C=O) groups excluding carboxylic acids is 1. The Morgan fingerprint density at radius 3 is 2.38 bits per heavy atom. The predicted octanol–water partition coefficient (Wildman–Crippen LogP) is 1.04. The molecule has 0 bridgehead atoms. The van der Waals surface area contributed by atoms with E-state index < -0.39 is 5.97 Å². The third-order valence-electron chi connectivity index (χ3n) is 2.06. The number of hydrogen-bond donors (Lipinski definition) is 2. The van der Waals surface area contributed by atoms with E-state index in [0.29, 0.717) is 16.9 Å². The molecule has 5 heteroatoms. The van der Waals surface area contributed by atoms with Gasteiger partial charge in [0, 0.05) is 18.5 Å². The largest absolute Gasteiger partial charge is 0.459 e. The molecule has 1 aromatic rings. The lowest BCUT2D eigenvalue weighted by Gasteiger charge is -2.10. The molecule has 0 saturated carbocycles. The van der Waals surface area contributed by atoms with E-state index in [9.17, 15) is 4.79 Å². The zero-order chi connectivity index (χ0) is 12.1. The molecule has 1 rings (SSSR count). The van der Waals surface area contributed by atoms with Gasteiger partial charge in [0.25, 0.3) is 0 Å². The summed E-state index contributed by atoms with van der Waals surface area (Å²) in [6, 6.07) is 4.63. The Morgan fingerprint density at radius 1 is 1.31 bits per heavy atom. The number of nitrogen functional groups attached to an aromatic ring is 2. The molecule has 0 spiro atoms. The first-order valence-electron chi connectivity index (χ1n) is 4.89. The van der Waals surface area contributed by atoms with Gasteiger partial charge in [0.15, 0.2) is 0 Å². The van der Waals surface area contributed by atoms with Gasteiger partial charge in [-0.2, -0.15) is 0 Å². The summed E-state index contributed by atoms with van der Waals surface area (Å²) < 4.78 is 9.97. The van der Waals surface area contributed by atoms with Crippen LogP contribution >= 0.6 is 0 Å². The van der Waals surface area contributed by atoms with Gasteiger partial charge in [-0.05, 0) is 25.1 Å². The molecule has 0 saturated heterocycles. The normalized spacial score (nSPS) is 12.1. The smallest absolute Gasteiger partial charge is 0.338 e. The van der Waals surface area contributed by atoms with Crippen LogP contribution in [-0.4, -0.2) is 25.8 Å². The minimum absolute atomic E-state index is 0.137. The highest BCUT2D eigenvalue weighted by molar-refractivity contribution is 5.91. The minimum atomic E-state index is -0.456. The number of rotatable bonds is 4. The topological polar surface area (TPSA) is 87.6 Å². The van der Waals surface area contributed by atoms with Crippen molar-refractivity contribution in [2.45, 2.75) is 13.0 Å². The quantitative estimate of drug-likeness (QED) is 0.589. The number of carbonyl (C=O) groups is 1. The number of esters is 1. The van der Waals surface area contributed by atoms with E-state index in [4.69, 9.17) is 20.9 Å². The van der Waals surface area contributed by atoms with Gasteiger partial charge in [-0.25, -0.2) is 4.79 Å². The van der Waals surface area contributed by atoms with Crippen molar-refractivity contribution >= 4 is 17.3 Å². The Hall–Kier alpha value is -1.75. The fourth-order valence-electron chi connectivity index (χ4n) is 1.14. The summed E-state index contributed by atoms with van der Waals surface area (Å²) in [6.07, 6.45) is -0.137. The number of methoxy groups -OCH3 is 1. The Labute approximate surface area is 94.3 Å². The van der Waals surface area contributed by atoms with E-state index in [1.54, 1.807) is 20.1 Å². The van der Waals surface area contributed by atoms with Crippen molar-refractivity contribution in [3.8, 4) is 0 Å². The number of benzene rings is 1. The highest BCUT2D eigenvalue weighted by Gasteiger charge is 2.10. The van der Waals surface area contributed by atoms with E-state index in [-0.39, 0.29) is 12.7 Å². The molecule has 0 fully saturated rings. The summed E-state index contributed by atoms with van der Waals surface area (Å²) >= 11 is 0. The second-order valence-corrected chi connectivity index (χ2v) is 3.53. The molecule has 88 valence electrons. The molecular weight excluding hydrogens is 208 g/mol. The summed E-state index contributed by atoms with van der Waals surface area (Å²) in [5.74, 6) is -0.456. The Bertz CT molecular complexity index is 359. The van der Waals surface area contributed by atoms with Crippen molar-refractivity contribution in [2.75, 3.05) is 25.2 Å². The van der Waals surface area contributed by atoms with Crippen LogP contribution in [0.1, 0.15) is 17.3 Å². The van der Waals surface area contributed by atoms with Crippen LogP contribution in [0.3, 0.4) is 0 Å². The van der Waals surface area contributed by atoms with E-state index in [0.717, 1.165) is 0 Å². The van der Waals surface area contributed by atoms with Gasteiger partial charge in [-0.15, -0.1) is 0 Å². The minimum Gasteiger partial charge on any atom is -0.459 e. The maximum absolute atomic E-state index is 11.6. The monoisotopic (exact) mass is 224 g/mol. The van der Waals surface area contributed by atoms with Crippen LogP contribution in [0.15, 0.2) is 18.2 Å². The van der Waals surface area contributed by atoms with Crippen LogP contribution in [0, 0.1) is 0 Å². The molecule has 0 radical (unpaired) electrons. The molecule has 1 atom stereocenters. The first-order chi connectivity index (χ1) is 7.52. The molecule has 5 nitrogen and oxygen atoms in total. The second kappa shape index (κ2) is 5.37. The lowest BCUT2D eigenvalue weighted by atomic mass is 10.2. The maximum atomic E-state index is 11.6. The average Bonchev–Trinajstić information content (AvgIpc) is 2.23. The molecular formula is C11H16N2O3. The van der Waals surface area contributed by atoms with Crippen molar-refractivity contribution < 1.29 is 14.3 Å². The molecule has 0 heterocycles. The number of nitrogens with two attached hydrogens (primary N) is 2. The van der Waals surface area contributed by atoms with Crippen molar-refractivity contribution in [3.05, 3.63) is 23.8 Å². The first kappa shape index (κ1) is 12.3. The Kier molecular flexibility index (Phi) is 4.13. The third kappa shape index (κ3) is 3.43. The van der Waals surface area contributed by atoms with Gasteiger partial charge in [0.2, 0.25) is 0 Å². The standard InChI is InChI=1S/C11H16N2O3/c1-7(15-2)6-16-11(14)8-3-9(12)5-10(13)4-8/h3-5,7H,6,12-13H2,1-2H3. The van der Waals surface area contributed by atoms with Crippen LogP contribution in [-0.2, 0) is 9.47 Å². The molecule has 0 aromatic heterocycles. The maximum Gasteiger partial charge on any atom is 0.338 e. The van der Waals surface area contributed by atoms with E-state index in [1.807, 2.05) is 0 Å². The van der Waals surface area contributed by atoms with E-state index in [1.165, 1.54) is 12.1 Å². The average molecular weight is 224 g/mol. The van der Waals surface area contributed by atoms with Crippen molar-refractivity contribution in [2.24, 2.45) is 0 Å². The van der Waals surface area contributed by atoms with Crippen molar-refractivity contribution in [1.29, 1.82) is 0 Å². The van der Waals surface area contributed by atoms with Crippen LogP contribution in [0.2, 0.25) is 0 Å². The number of anilines is 2. The third-order valence-corrected chi connectivity index (χ3v) is 2.06. The lowest BCUT2D eigenvalue weighted by Crippen LogP contribution is -2.17. The van der Waals surface area contributed by atoms with E-state index in [2.05, 4.69) is 0 Å². The molecule has 16 heavy (non-hydrogen) atoms. The SMILES string of the molecule is COC(C)COC(=O)c1cc(N)cc(N)c1.